The lowest BCUT2D eigenvalue weighted by Gasteiger charge is -2.39. The summed E-state index contributed by atoms with van der Waals surface area (Å²) >= 11 is 0. The average molecular weight is 783 g/mol. The van der Waals surface area contributed by atoms with Crippen molar-refractivity contribution in [2.45, 2.75) is 82.5 Å². The number of methoxy groups -OCH3 is 2. The Morgan fingerprint density at radius 1 is 0.754 bits per heavy atom. The summed E-state index contributed by atoms with van der Waals surface area (Å²) in [6.45, 7) is 4.48. The highest BCUT2D eigenvalue weighted by Gasteiger charge is 2.49. The number of rotatable bonds is 21. The van der Waals surface area contributed by atoms with Gasteiger partial charge in [0.15, 0.2) is 0 Å². The first-order chi connectivity index (χ1) is 27.8. The van der Waals surface area contributed by atoms with E-state index in [1.165, 1.54) is 6.42 Å². The lowest BCUT2D eigenvalue weighted by molar-refractivity contribution is -0.123. The Balaban J connectivity index is 0.996. The number of alkyl halides is 2. The van der Waals surface area contributed by atoms with Crippen molar-refractivity contribution in [3.05, 3.63) is 125 Å². The Kier molecular flexibility index (Phi) is 15.3. The molecule has 2 fully saturated rings. The van der Waals surface area contributed by atoms with Gasteiger partial charge in [0.1, 0.15) is 22.7 Å². The molecule has 57 heavy (non-hydrogen) atoms. The van der Waals surface area contributed by atoms with Crippen LogP contribution >= 0.6 is 0 Å². The Labute approximate surface area is 337 Å². The van der Waals surface area contributed by atoms with Crippen molar-refractivity contribution in [2.24, 2.45) is 11.7 Å². The van der Waals surface area contributed by atoms with Gasteiger partial charge in [0, 0.05) is 25.7 Å². The monoisotopic (exact) mass is 782 g/mol. The molecule has 2 aliphatic heterocycles. The Morgan fingerprint density at radius 3 is 1.91 bits per heavy atom. The number of amides is 1. The van der Waals surface area contributed by atoms with Gasteiger partial charge in [-0.3, -0.25) is 14.6 Å². The zero-order valence-corrected chi connectivity index (χ0v) is 33.7. The molecule has 2 saturated heterocycles. The van der Waals surface area contributed by atoms with E-state index in [2.05, 4.69) is 19.4 Å². The van der Waals surface area contributed by atoms with E-state index in [0.29, 0.717) is 6.04 Å². The van der Waals surface area contributed by atoms with Crippen LogP contribution in [0.15, 0.2) is 103 Å². The first-order valence-electron chi connectivity index (χ1n) is 20.6. The van der Waals surface area contributed by atoms with Gasteiger partial charge < -0.3 is 24.8 Å². The summed E-state index contributed by atoms with van der Waals surface area (Å²) in [5.41, 5.74) is 9.58. The molecule has 6 rings (SSSR count). The zero-order valence-electron chi connectivity index (χ0n) is 33.7. The summed E-state index contributed by atoms with van der Waals surface area (Å²) in [6.07, 6.45) is 8.74. The van der Waals surface area contributed by atoms with E-state index in [1.807, 2.05) is 91.0 Å². The van der Waals surface area contributed by atoms with E-state index in [-0.39, 0.29) is 17.6 Å². The predicted octanol–water partition coefficient (Wildman–Crippen LogP) is 8.52. The average Bonchev–Trinajstić information content (AvgIpc) is 3.70. The highest BCUT2D eigenvalue weighted by Crippen LogP contribution is 2.43. The second kappa shape index (κ2) is 20.8. The standard InChI is InChI=1S/C47H60F2N4O4/c1-55-43-19-14-20-44(56-2)42(43)35-52-31-26-40(27-32-52)53(33-36-21-23-41(24-22-36)57-46(48)49)29-13-5-3-4-12-28-51-30-25-39(34-51)47(45(50)54,37-15-8-6-9-16-37)38-17-10-7-11-18-38/h6-11,14-24,39-40,46H,3-5,12-13,25-35H2,1-2H3,(H2,50,54)/t39-/m1/s1. The minimum absolute atomic E-state index is 0.106. The van der Waals surface area contributed by atoms with Crippen LogP contribution in [0.3, 0.4) is 0 Å². The second-order valence-electron chi connectivity index (χ2n) is 15.6. The number of benzene rings is 4. The first-order valence-corrected chi connectivity index (χ1v) is 20.6. The van der Waals surface area contributed by atoms with Crippen LogP contribution in [0.2, 0.25) is 0 Å². The summed E-state index contributed by atoms with van der Waals surface area (Å²) in [6, 6.07) is 33.6. The topological polar surface area (TPSA) is 80.5 Å². The quantitative estimate of drug-likeness (QED) is 0.0850. The van der Waals surface area contributed by atoms with Gasteiger partial charge in [0.05, 0.1) is 19.8 Å². The molecule has 0 radical (unpaired) electrons. The van der Waals surface area contributed by atoms with E-state index in [0.717, 1.165) is 131 Å². The van der Waals surface area contributed by atoms with Crippen LogP contribution in [-0.4, -0.2) is 86.7 Å². The highest BCUT2D eigenvalue weighted by molar-refractivity contribution is 5.91. The van der Waals surface area contributed by atoms with E-state index >= 15 is 0 Å². The van der Waals surface area contributed by atoms with E-state index < -0.39 is 12.0 Å². The van der Waals surface area contributed by atoms with Gasteiger partial charge in [-0.2, -0.15) is 8.78 Å². The fraction of sp³-hybridized carbons (Fsp3) is 0.468. The summed E-state index contributed by atoms with van der Waals surface area (Å²) < 4.78 is 41.5. The number of halogens is 2. The van der Waals surface area contributed by atoms with Crippen molar-refractivity contribution in [3.8, 4) is 17.2 Å². The van der Waals surface area contributed by atoms with Gasteiger partial charge in [-0.25, -0.2) is 0 Å². The van der Waals surface area contributed by atoms with E-state index in [9.17, 15) is 13.6 Å². The lowest BCUT2D eigenvalue weighted by Crippen LogP contribution is -2.49. The summed E-state index contributed by atoms with van der Waals surface area (Å²) in [7, 11) is 3.40. The molecule has 8 nitrogen and oxygen atoms in total. The molecule has 0 spiro atoms. The van der Waals surface area contributed by atoms with Gasteiger partial charge in [0.2, 0.25) is 5.91 Å². The largest absolute Gasteiger partial charge is 0.496 e. The maximum atomic E-state index is 13.5. The summed E-state index contributed by atoms with van der Waals surface area (Å²) in [5, 5.41) is 0. The van der Waals surface area contributed by atoms with Crippen LogP contribution in [0.25, 0.3) is 0 Å². The number of carbonyl (C=O) groups is 1. The molecule has 2 heterocycles. The van der Waals surface area contributed by atoms with E-state index in [1.54, 1.807) is 26.4 Å². The number of carbonyl (C=O) groups excluding carboxylic acids is 1. The van der Waals surface area contributed by atoms with Crippen molar-refractivity contribution in [1.29, 1.82) is 0 Å². The molecule has 0 aromatic heterocycles. The third-order valence-corrected chi connectivity index (χ3v) is 12.2. The first kappa shape index (κ1) is 42.1. The SMILES string of the molecule is COc1cccc(OC)c1CN1CCC(N(CCCCCCCN2CC[C@@H](C(C(N)=O)(c3ccccc3)c3ccccc3)C2)Cc2ccc(OC(F)F)cc2)CC1. The number of primary amides is 1. The lowest BCUT2D eigenvalue weighted by atomic mass is 9.64. The highest BCUT2D eigenvalue weighted by atomic mass is 19.3. The molecule has 4 aromatic rings. The van der Waals surface area contributed by atoms with Crippen molar-refractivity contribution in [3.63, 3.8) is 0 Å². The van der Waals surface area contributed by atoms with Crippen LogP contribution in [0.4, 0.5) is 8.78 Å². The molecule has 4 aromatic carbocycles. The molecule has 2 aliphatic rings. The molecule has 10 heteroatoms. The third kappa shape index (κ3) is 10.7. The van der Waals surface area contributed by atoms with Gasteiger partial charge in [-0.05, 0) is 112 Å². The van der Waals surface area contributed by atoms with Crippen molar-refractivity contribution < 1.29 is 27.8 Å². The van der Waals surface area contributed by atoms with Crippen molar-refractivity contribution >= 4 is 5.91 Å². The zero-order chi connectivity index (χ0) is 40.0. The molecule has 1 atom stereocenters. The Morgan fingerprint density at radius 2 is 1.33 bits per heavy atom. The summed E-state index contributed by atoms with van der Waals surface area (Å²) in [4.78, 5) is 21.1. The molecule has 1 amide bonds. The van der Waals surface area contributed by atoms with Gasteiger partial charge in [-0.15, -0.1) is 0 Å². The molecule has 0 unspecified atom stereocenters. The van der Waals surface area contributed by atoms with Crippen LogP contribution in [0.5, 0.6) is 17.2 Å². The number of nitrogens with zero attached hydrogens (tertiary/aromatic N) is 3. The minimum atomic E-state index is -2.83. The fourth-order valence-corrected chi connectivity index (χ4v) is 9.25. The molecule has 0 aliphatic carbocycles. The molecule has 2 N–H and O–H groups in total. The van der Waals surface area contributed by atoms with Gasteiger partial charge in [-0.1, -0.05) is 98.1 Å². The number of ether oxygens (including phenoxy) is 3. The number of piperidine rings is 1. The molecular formula is C47H60F2N4O4. The maximum absolute atomic E-state index is 13.5. The number of hydrogen-bond acceptors (Lipinski definition) is 7. The van der Waals surface area contributed by atoms with Crippen LogP contribution < -0.4 is 19.9 Å². The number of hydrogen-bond donors (Lipinski definition) is 1. The molecular weight excluding hydrogens is 723 g/mol. The normalized spacial score (nSPS) is 17.0. The maximum Gasteiger partial charge on any atom is 0.387 e. The van der Waals surface area contributed by atoms with Crippen LogP contribution in [-0.2, 0) is 23.3 Å². The van der Waals surface area contributed by atoms with Crippen LogP contribution in [0, 0.1) is 5.92 Å². The Bertz CT molecular complexity index is 1740. The van der Waals surface area contributed by atoms with Gasteiger partial charge in [0.25, 0.3) is 0 Å². The molecule has 0 saturated carbocycles. The smallest absolute Gasteiger partial charge is 0.387 e. The summed E-state index contributed by atoms with van der Waals surface area (Å²) in [5.74, 6) is 1.70. The molecule has 0 bridgehead atoms. The van der Waals surface area contributed by atoms with Crippen molar-refractivity contribution in [1.82, 2.24) is 14.7 Å². The number of unbranched alkanes of at least 4 members (excludes halogenated alkanes) is 4. The third-order valence-electron chi connectivity index (χ3n) is 12.2. The minimum Gasteiger partial charge on any atom is -0.496 e. The predicted molar refractivity (Wildman–Crippen MR) is 222 cm³/mol. The van der Waals surface area contributed by atoms with Crippen molar-refractivity contribution in [2.75, 3.05) is 53.5 Å². The van der Waals surface area contributed by atoms with Crippen LogP contribution in [0.1, 0.15) is 73.6 Å². The van der Waals surface area contributed by atoms with E-state index in [4.69, 9.17) is 15.2 Å². The Hall–Kier alpha value is -4.51. The van der Waals surface area contributed by atoms with Gasteiger partial charge >= 0.3 is 6.61 Å². The second-order valence-corrected chi connectivity index (χ2v) is 15.6. The number of likely N-dealkylation sites (tertiary alicyclic amines) is 2. The number of nitrogens with two attached hydrogens (primary N) is 1. The molecule has 306 valence electrons. The fourth-order valence-electron chi connectivity index (χ4n) is 9.25.